The standard InChI is InChI=1S/C14H11N3O.ClH/c15-10-12-4-6-13(7-5-12)16-14(18)11-17-8-2-1-3-9-17;/h1-9H,11H2;1H. The minimum atomic E-state index is -0.101. The molecule has 0 unspecified atom stereocenters. The van der Waals surface area contributed by atoms with Gasteiger partial charge in [-0.3, -0.25) is 4.79 Å². The molecule has 0 atom stereocenters. The van der Waals surface area contributed by atoms with E-state index in [1.807, 2.05) is 36.7 Å². The second-order valence-electron chi connectivity index (χ2n) is 3.79. The molecule has 1 aromatic carbocycles. The highest BCUT2D eigenvalue weighted by atomic mass is 35.5. The molecule has 96 valence electrons. The van der Waals surface area contributed by atoms with Crippen LogP contribution in [0.5, 0.6) is 0 Å². The molecule has 0 fully saturated rings. The number of halogens is 1. The molecule has 0 spiro atoms. The number of anilines is 1. The Labute approximate surface area is 117 Å². The average Bonchev–Trinajstić information content (AvgIpc) is 2.40. The van der Waals surface area contributed by atoms with Crippen molar-refractivity contribution in [3.05, 3.63) is 60.4 Å². The molecule has 0 saturated carbocycles. The first-order chi connectivity index (χ1) is 8.78. The van der Waals surface area contributed by atoms with Crippen molar-refractivity contribution in [3.8, 4) is 6.07 Å². The van der Waals surface area contributed by atoms with E-state index in [0.29, 0.717) is 11.3 Å². The van der Waals surface area contributed by atoms with Crippen molar-refractivity contribution in [3.63, 3.8) is 0 Å². The molecule has 0 aliphatic carbocycles. The summed E-state index contributed by atoms with van der Waals surface area (Å²) in [5.74, 6) is -0.101. The van der Waals surface area contributed by atoms with E-state index in [9.17, 15) is 4.79 Å². The van der Waals surface area contributed by atoms with Crippen LogP contribution in [-0.2, 0) is 11.3 Å². The molecule has 4 nitrogen and oxygen atoms in total. The van der Waals surface area contributed by atoms with E-state index in [2.05, 4.69) is 5.32 Å². The van der Waals surface area contributed by atoms with Gasteiger partial charge in [0.1, 0.15) is 0 Å². The summed E-state index contributed by atoms with van der Waals surface area (Å²) in [5, 5.41) is 11.4. The molecule has 2 rings (SSSR count). The molecule has 1 N–H and O–H groups in total. The van der Waals surface area contributed by atoms with Crippen LogP contribution in [-0.4, -0.2) is 5.91 Å². The summed E-state index contributed by atoms with van der Waals surface area (Å²) in [7, 11) is 0. The van der Waals surface area contributed by atoms with Gasteiger partial charge in [0.25, 0.3) is 5.91 Å². The fourth-order valence-corrected chi connectivity index (χ4v) is 1.53. The van der Waals surface area contributed by atoms with Crippen molar-refractivity contribution in [1.82, 2.24) is 0 Å². The lowest BCUT2D eigenvalue weighted by molar-refractivity contribution is -0.684. The lowest BCUT2D eigenvalue weighted by atomic mass is 10.2. The molecular weight excluding hydrogens is 262 g/mol. The van der Waals surface area contributed by atoms with Gasteiger partial charge < -0.3 is 17.7 Å². The van der Waals surface area contributed by atoms with Gasteiger partial charge in [0, 0.05) is 17.8 Å². The molecule has 1 amide bonds. The normalized spacial score (nSPS) is 9.00. The number of hydrogen-bond acceptors (Lipinski definition) is 2. The SMILES string of the molecule is N#Cc1ccc(NC(=O)C[n+]2ccccc2)cc1.[Cl-]. The molecule has 0 aliphatic heterocycles. The number of benzene rings is 1. The maximum atomic E-state index is 11.7. The summed E-state index contributed by atoms with van der Waals surface area (Å²) in [6.45, 7) is 0.265. The van der Waals surface area contributed by atoms with Crippen LogP contribution in [0.25, 0.3) is 0 Å². The van der Waals surface area contributed by atoms with Crippen LogP contribution in [0.2, 0.25) is 0 Å². The molecule has 0 bridgehead atoms. The monoisotopic (exact) mass is 273 g/mol. The van der Waals surface area contributed by atoms with Gasteiger partial charge in [-0.05, 0) is 24.3 Å². The van der Waals surface area contributed by atoms with Gasteiger partial charge in [0.2, 0.25) is 6.54 Å². The van der Waals surface area contributed by atoms with Crippen molar-refractivity contribution in [2.24, 2.45) is 0 Å². The number of nitrogens with zero attached hydrogens (tertiary/aromatic N) is 2. The molecule has 1 heterocycles. The third kappa shape index (κ3) is 4.41. The number of rotatable bonds is 3. The maximum absolute atomic E-state index is 11.7. The molecule has 0 aliphatic rings. The summed E-state index contributed by atoms with van der Waals surface area (Å²) < 4.78 is 1.79. The van der Waals surface area contributed by atoms with Gasteiger partial charge in [-0.15, -0.1) is 0 Å². The van der Waals surface area contributed by atoms with Gasteiger partial charge >= 0.3 is 0 Å². The number of amides is 1. The van der Waals surface area contributed by atoms with Crippen LogP contribution >= 0.6 is 0 Å². The topological polar surface area (TPSA) is 56.8 Å². The Morgan fingerprint density at radius 3 is 2.37 bits per heavy atom. The Balaban J connectivity index is 0.00000180. The van der Waals surface area contributed by atoms with Gasteiger partial charge in [0.05, 0.1) is 11.6 Å². The molecule has 1 aromatic heterocycles. The summed E-state index contributed by atoms with van der Waals surface area (Å²) in [4.78, 5) is 11.7. The Morgan fingerprint density at radius 2 is 1.79 bits per heavy atom. The van der Waals surface area contributed by atoms with E-state index in [1.165, 1.54) is 0 Å². The number of hydrogen-bond donors (Lipinski definition) is 1. The van der Waals surface area contributed by atoms with Crippen molar-refractivity contribution < 1.29 is 21.8 Å². The second-order valence-corrected chi connectivity index (χ2v) is 3.79. The molecule has 5 heteroatoms. The summed E-state index contributed by atoms with van der Waals surface area (Å²) in [5.41, 5.74) is 1.26. The third-order valence-electron chi connectivity index (χ3n) is 2.40. The van der Waals surface area contributed by atoms with Crippen LogP contribution in [0, 0.1) is 11.3 Å². The van der Waals surface area contributed by atoms with E-state index in [-0.39, 0.29) is 24.9 Å². The lowest BCUT2D eigenvalue weighted by Gasteiger charge is -2.02. The number of carbonyl (C=O) groups is 1. The minimum Gasteiger partial charge on any atom is -1.00 e. The first-order valence-electron chi connectivity index (χ1n) is 5.52. The van der Waals surface area contributed by atoms with E-state index < -0.39 is 0 Å². The predicted molar refractivity (Wildman–Crippen MR) is 66.4 cm³/mol. The summed E-state index contributed by atoms with van der Waals surface area (Å²) in [6, 6.07) is 14.4. The lowest BCUT2D eigenvalue weighted by Crippen LogP contribution is -3.00. The number of pyridine rings is 1. The van der Waals surface area contributed by atoms with E-state index in [1.54, 1.807) is 28.8 Å². The summed E-state index contributed by atoms with van der Waals surface area (Å²) >= 11 is 0. The van der Waals surface area contributed by atoms with Crippen molar-refractivity contribution in [2.45, 2.75) is 6.54 Å². The zero-order chi connectivity index (χ0) is 12.8. The molecule has 19 heavy (non-hydrogen) atoms. The Kier molecular flexibility index (Phi) is 5.52. The van der Waals surface area contributed by atoms with Crippen LogP contribution in [0.3, 0.4) is 0 Å². The Morgan fingerprint density at radius 1 is 1.16 bits per heavy atom. The van der Waals surface area contributed by atoms with Crippen LogP contribution in [0.1, 0.15) is 5.56 Å². The van der Waals surface area contributed by atoms with Crippen molar-refractivity contribution in [2.75, 3.05) is 5.32 Å². The van der Waals surface area contributed by atoms with Crippen molar-refractivity contribution >= 4 is 11.6 Å². The number of nitriles is 1. The van der Waals surface area contributed by atoms with Crippen LogP contribution in [0.4, 0.5) is 5.69 Å². The second kappa shape index (κ2) is 7.14. The molecule has 0 radical (unpaired) electrons. The third-order valence-corrected chi connectivity index (χ3v) is 2.40. The van der Waals surface area contributed by atoms with Crippen molar-refractivity contribution in [1.29, 1.82) is 5.26 Å². The highest BCUT2D eigenvalue weighted by Crippen LogP contribution is 2.08. The van der Waals surface area contributed by atoms with E-state index >= 15 is 0 Å². The van der Waals surface area contributed by atoms with Gasteiger partial charge in [-0.25, -0.2) is 0 Å². The van der Waals surface area contributed by atoms with E-state index in [0.717, 1.165) is 0 Å². The zero-order valence-corrected chi connectivity index (χ0v) is 10.8. The summed E-state index contributed by atoms with van der Waals surface area (Å²) in [6.07, 6.45) is 3.66. The first-order valence-corrected chi connectivity index (χ1v) is 5.52. The minimum absolute atomic E-state index is 0. The van der Waals surface area contributed by atoms with Gasteiger partial charge in [-0.2, -0.15) is 9.83 Å². The van der Waals surface area contributed by atoms with Crippen LogP contribution < -0.4 is 22.3 Å². The number of aromatic nitrogens is 1. The predicted octanol–water partition coefficient (Wildman–Crippen LogP) is -1.51. The molecular formula is C14H12ClN3O. The fraction of sp³-hybridized carbons (Fsp3) is 0.0714. The average molecular weight is 274 g/mol. The quantitative estimate of drug-likeness (QED) is 0.692. The number of nitrogens with one attached hydrogen (secondary N) is 1. The highest BCUT2D eigenvalue weighted by Gasteiger charge is 2.08. The van der Waals surface area contributed by atoms with Gasteiger partial charge in [-0.1, -0.05) is 6.07 Å². The zero-order valence-electron chi connectivity index (χ0n) is 10.1. The smallest absolute Gasteiger partial charge is 0.290 e. The maximum Gasteiger partial charge on any atom is 0.290 e. The first kappa shape index (κ1) is 14.7. The van der Waals surface area contributed by atoms with Crippen LogP contribution in [0.15, 0.2) is 54.9 Å². The molecule has 0 saturated heterocycles. The largest absolute Gasteiger partial charge is 1.00 e. The highest BCUT2D eigenvalue weighted by molar-refractivity contribution is 5.89. The van der Waals surface area contributed by atoms with Gasteiger partial charge in [0.15, 0.2) is 12.4 Å². The Bertz CT molecular complexity index is 576. The number of carbonyl (C=O) groups excluding carboxylic acids is 1. The molecule has 2 aromatic rings. The fourth-order valence-electron chi connectivity index (χ4n) is 1.53. The Hall–Kier alpha value is -2.38. The van der Waals surface area contributed by atoms with E-state index in [4.69, 9.17) is 5.26 Å².